The van der Waals surface area contributed by atoms with E-state index in [1.54, 1.807) is 7.11 Å². The minimum absolute atomic E-state index is 0.0611. The van der Waals surface area contributed by atoms with E-state index >= 15 is 0 Å². The molecule has 2 unspecified atom stereocenters. The summed E-state index contributed by atoms with van der Waals surface area (Å²) in [5.74, 6) is 1.26. The summed E-state index contributed by atoms with van der Waals surface area (Å²) in [6, 6.07) is 5.49. The molecular weight excluding hydrogens is 232 g/mol. The van der Waals surface area contributed by atoms with Crippen molar-refractivity contribution in [3.63, 3.8) is 0 Å². The van der Waals surface area contributed by atoms with Crippen LogP contribution < -0.4 is 9.47 Å². The molecule has 0 bridgehead atoms. The smallest absolute Gasteiger partial charge is 0.166 e. The summed E-state index contributed by atoms with van der Waals surface area (Å²) in [4.78, 5) is 0. The Bertz CT molecular complexity index is 369. The number of aliphatic hydroxyl groups is 1. The number of hydrogen-bond acceptors (Lipinski definition) is 4. The van der Waals surface area contributed by atoms with Gasteiger partial charge in [0.1, 0.15) is 6.61 Å². The Morgan fingerprint density at radius 1 is 1.39 bits per heavy atom. The highest BCUT2D eigenvalue weighted by atomic mass is 16.6. The lowest BCUT2D eigenvalue weighted by Gasteiger charge is -2.17. The standard InChI is InChI=1S/C14H20O4/c1-10-6-7-12(18-10)9-17-14-11(8-15)4-3-5-13(14)16-2/h3-5,10,12,15H,6-9H2,1-2H3. The lowest BCUT2D eigenvalue weighted by atomic mass is 10.2. The molecule has 1 aliphatic heterocycles. The first kappa shape index (κ1) is 13.2. The molecule has 0 amide bonds. The van der Waals surface area contributed by atoms with E-state index in [-0.39, 0.29) is 12.7 Å². The van der Waals surface area contributed by atoms with Crippen molar-refractivity contribution < 1.29 is 19.3 Å². The van der Waals surface area contributed by atoms with E-state index in [2.05, 4.69) is 6.92 Å². The molecule has 2 atom stereocenters. The maximum absolute atomic E-state index is 9.31. The maximum Gasteiger partial charge on any atom is 0.166 e. The van der Waals surface area contributed by atoms with Crippen molar-refractivity contribution in [2.75, 3.05) is 13.7 Å². The average Bonchev–Trinajstić information content (AvgIpc) is 2.81. The minimum atomic E-state index is -0.0611. The summed E-state index contributed by atoms with van der Waals surface area (Å²) in [6.07, 6.45) is 2.54. The predicted octanol–water partition coefficient (Wildman–Crippen LogP) is 2.13. The van der Waals surface area contributed by atoms with Gasteiger partial charge in [-0.25, -0.2) is 0 Å². The molecular formula is C14H20O4. The van der Waals surface area contributed by atoms with Gasteiger partial charge >= 0.3 is 0 Å². The Balaban J connectivity index is 2.03. The Labute approximate surface area is 107 Å². The van der Waals surface area contributed by atoms with E-state index in [1.165, 1.54) is 0 Å². The van der Waals surface area contributed by atoms with E-state index in [4.69, 9.17) is 14.2 Å². The van der Waals surface area contributed by atoms with Crippen molar-refractivity contribution in [3.8, 4) is 11.5 Å². The summed E-state index contributed by atoms with van der Waals surface area (Å²) >= 11 is 0. The number of benzene rings is 1. The van der Waals surface area contributed by atoms with Gasteiger partial charge in [0.15, 0.2) is 11.5 Å². The van der Waals surface area contributed by atoms with Crippen LogP contribution in [0.4, 0.5) is 0 Å². The van der Waals surface area contributed by atoms with E-state index in [0.29, 0.717) is 24.2 Å². The number of methoxy groups -OCH3 is 1. The van der Waals surface area contributed by atoms with Gasteiger partial charge in [0.2, 0.25) is 0 Å². The molecule has 0 radical (unpaired) electrons. The van der Waals surface area contributed by atoms with Gasteiger partial charge in [0.05, 0.1) is 25.9 Å². The van der Waals surface area contributed by atoms with Gasteiger partial charge in [-0.1, -0.05) is 12.1 Å². The van der Waals surface area contributed by atoms with Crippen LogP contribution in [0, 0.1) is 0 Å². The molecule has 1 fully saturated rings. The quantitative estimate of drug-likeness (QED) is 0.872. The molecule has 1 heterocycles. The fraction of sp³-hybridized carbons (Fsp3) is 0.571. The van der Waals surface area contributed by atoms with Crippen LogP contribution in [0.5, 0.6) is 11.5 Å². The van der Waals surface area contributed by atoms with Gasteiger partial charge in [0, 0.05) is 5.56 Å². The van der Waals surface area contributed by atoms with Crippen LogP contribution in [0.15, 0.2) is 18.2 Å². The van der Waals surface area contributed by atoms with Crippen LogP contribution in [-0.4, -0.2) is 31.0 Å². The molecule has 0 aromatic heterocycles. The number of hydrogen-bond donors (Lipinski definition) is 1. The van der Waals surface area contributed by atoms with Crippen LogP contribution in [0.25, 0.3) is 0 Å². The first-order valence-electron chi connectivity index (χ1n) is 6.29. The molecule has 18 heavy (non-hydrogen) atoms. The molecule has 1 saturated heterocycles. The van der Waals surface area contributed by atoms with E-state index in [1.807, 2.05) is 18.2 Å². The van der Waals surface area contributed by atoms with Crippen LogP contribution in [-0.2, 0) is 11.3 Å². The Kier molecular flexibility index (Phi) is 4.44. The molecule has 100 valence electrons. The molecule has 4 heteroatoms. The zero-order valence-electron chi connectivity index (χ0n) is 10.9. The highest BCUT2D eigenvalue weighted by molar-refractivity contribution is 5.46. The molecule has 1 aliphatic rings. The number of para-hydroxylation sites is 1. The monoisotopic (exact) mass is 252 g/mol. The Morgan fingerprint density at radius 2 is 2.22 bits per heavy atom. The minimum Gasteiger partial charge on any atom is -0.493 e. The molecule has 1 N–H and O–H groups in total. The third-order valence-electron chi connectivity index (χ3n) is 3.18. The van der Waals surface area contributed by atoms with Crippen molar-refractivity contribution in [2.24, 2.45) is 0 Å². The first-order valence-corrected chi connectivity index (χ1v) is 6.29. The first-order chi connectivity index (χ1) is 8.74. The van der Waals surface area contributed by atoms with Gasteiger partial charge in [-0.05, 0) is 25.8 Å². The van der Waals surface area contributed by atoms with Gasteiger partial charge < -0.3 is 19.3 Å². The molecule has 0 aliphatic carbocycles. The molecule has 1 aromatic rings. The molecule has 0 spiro atoms. The van der Waals surface area contributed by atoms with Crippen LogP contribution >= 0.6 is 0 Å². The normalized spacial score (nSPS) is 23.1. The van der Waals surface area contributed by atoms with Crippen LogP contribution in [0.2, 0.25) is 0 Å². The zero-order valence-corrected chi connectivity index (χ0v) is 10.9. The average molecular weight is 252 g/mol. The second kappa shape index (κ2) is 6.07. The summed E-state index contributed by atoms with van der Waals surface area (Å²) < 4.78 is 16.7. The van der Waals surface area contributed by atoms with Crippen molar-refractivity contribution >= 4 is 0 Å². The number of aliphatic hydroxyl groups excluding tert-OH is 1. The SMILES string of the molecule is COc1cccc(CO)c1OCC1CCC(C)O1. The van der Waals surface area contributed by atoms with Crippen molar-refractivity contribution in [1.82, 2.24) is 0 Å². The summed E-state index contributed by atoms with van der Waals surface area (Å²) in [7, 11) is 1.59. The lowest BCUT2D eigenvalue weighted by Crippen LogP contribution is -2.18. The molecule has 1 aromatic carbocycles. The predicted molar refractivity (Wildman–Crippen MR) is 68.0 cm³/mol. The van der Waals surface area contributed by atoms with Crippen LogP contribution in [0.1, 0.15) is 25.3 Å². The maximum atomic E-state index is 9.31. The van der Waals surface area contributed by atoms with Gasteiger partial charge in [-0.3, -0.25) is 0 Å². The lowest BCUT2D eigenvalue weighted by molar-refractivity contribution is 0.0254. The van der Waals surface area contributed by atoms with Gasteiger partial charge in [-0.15, -0.1) is 0 Å². The Morgan fingerprint density at radius 3 is 2.83 bits per heavy atom. The number of ether oxygens (including phenoxy) is 3. The highest BCUT2D eigenvalue weighted by Gasteiger charge is 2.23. The summed E-state index contributed by atoms with van der Waals surface area (Å²) in [5.41, 5.74) is 0.736. The van der Waals surface area contributed by atoms with Gasteiger partial charge in [0.25, 0.3) is 0 Å². The largest absolute Gasteiger partial charge is 0.493 e. The number of rotatable bonds is 5. The van der Waals surface area contributed by atoms with Crippen LogP contribution in [0.3, 0.4) is 0 Å². The third kappa shape index (κ3) is 2.94. The second-order valence-electron chi connectivity index (χ2n) is 4.56. The highest BCUT2D eigenvalue weighted by Crippen LogP contribution is 2.32. The van der Waals surface area contributed by atoms with Crippen molar-refractivity contribution in [1.29, 1.82) is 0 Å². The molecule has 2 rings (SSSR count). The summed E-state index contributed by atoms with van der Waals surface area (Å²) in [5, 5.41) is 9.31. The van der Waals surface area contributed by atoms with E-state index in [0.717, 1.165) is 18.4 Å². The Hall–Kier alpha value is -1.26. The van der Waals surface area contributed by atoms with Gasteiger partial charge in [-0.2, -0.15) is 0 Å². The topological polar surface area (TPSA) is 47.9 Å². The van der Waals surface area contributed by atoms with Crippen molar-refractivity contribution in [2.45, 2.75) is 38.6 Å². The third-order valence-corrected chi connectivity index (χ3v) is 3.18. The van der Waals surface area contributed by atoms with E-state index in [9.17, 15) is 5.11 Å². The summed E-state index contributed by atoms with van der Waals surface area (Å²) in [6.45, 7) is 2.51. The molecule has 0 saturated carbocycles. The fourth-order valence-electron chi connectivity index (χ4n) is 2.19. The molecule has 4 nitrogen and oxygen atoms in total. The fourth-order valence-corrected chi connectivity index (χ4v) is 2.19. The van der Waals surface area contributed by atoms with Crippen molar-refractivity contribution in [3.05, 3.63) is 23.8 Å². The van der Waals surface area contributed by atoms with E-state index < -0.39 is 0 Å². The zero-order chi connectivity index (χ0) is 13.0. The second-order valence-corrected chi connectivity index (χ2v) is 4.56.